The Hall–Kier alpha value is -2.63. The van der Waals surface area contributed by atoms with E-state index in [4.69, 9.17) is 10.1 Å². The quantitative estimate of drug-likeness (QED) is 0.646. The molecule has 3 aromatic rings. The van der Waals surface area contributed by atoms with Gasteiger partial charge in [0.05, 0.1) is 12.2 Å². The molecular weight excluding hydrogens is 324 g/mol. The van der Waals surface area contributed by atoms with Crippen LogP contribution in [0, 0.1) is 6.92 Å². The van der Waals surface area contributed by atoms with Crippen molar-refractivity contribution in [2.45, 2.75) is 46.7 Å². The number of aryl methyl sites for hydroxylation is 1. The van der Waals surface area contributed by atoms with Gasteiger partial charge >= 0.3 is 0 Å². The van der Waals surface area contributed by atoms with Crippen LogP contribution in [0.3, 0.4) is 0 Å². The van der Waals surface area contributed by atoms with Crippen molar-refractivity contribution in [3.8, 4) is 11.4 Å². The Morgan fingerprint density at radius 2 is 1.88 bits per heavy atom. The van der Waals surface area contributed by atoms with E-state index in [9.17, 15) is 0 Å². The minimum atomic E-state index is 0.299. The molecule has 0 bridgehead atoms. The number of anilines is 1. The molecule has 0 saturated carbocycles. The predicted octanol–water partition coefficient (Wildman–Crippen LogP) is 3.93. The molecule has 6 heteroatoms. The summed E-state index contributed by atoms with van der Waals surface area (Å²) in [5.41, 5.74) is 3.39. The lowest BCUT2D eigenvalue weighted by molar-refractivity contribution is 0.447. The van der Waals surface area contributed by atoms with Gasteiger partial charge in [-0.05, 0) is 57.0 Å². The fourth-order valence-electron chi connectivity index (χ4n) is 2.86. The molecule has 0 amide bonds. The Morgan fingerprint density at radius 1 is 1.15 bits per heavy atom. The summed E-state index contributed by atoms with van der Waals surface area (Å²) in [6.45, 7) is 10.1. The molecule has 138 valence electrons. The zero-order chi connectivity index (χ0) is 18.7. The van der Waals surface area contributed by atoms with E-state index in [0.717, 1.165) is 35.7 Å². The van der Waals surface area contributed by atoms with Gasteiger partial charge in [-0.15, -0.1) is 0 Å². The third-order valence-corrected chi connectivity index (χ3v) is 4.82. The summed E-state index contributed by atoms with van der Waals surface area (Å²) in [4.78, 5) is 7.03. The molecule has 0 fully saturated rings. The summed E-state index contributed by atoms with van der Waals surface area (Å²) in [7, 11) is 2.09. The number of nitrogens with zero attached hydrogens (tertiary/aromatic N) is 6. The maximum absolute atomic E-state index is 4.83. The van der Waals surface area contributed by atoms with E-state index in [-0.39, 0.29) is 0 Å². The lowest BCUT2D eigenvalue weighted by Gasteiger charge is -2.16. The molecule has 3 rings (SSSR count). The van der Waals surface area contributed by atoms with Gasteiger partial charge in [0, 0.05) is 31.0 Å². The van der Waals surface area contributed by atoms with Gasteiger partial charge in [0.25, 0.3) is 0 Å². The van der Waals surface area contributed by atoms with Crippen LogP contribution in [0.5, 0.6) is 0 Å². The highest BCUT2D eigenvalue weighted by molar-refractivity contribution is 5.60. The fourth-order valence-corrected chi connectivity index (χ4v) is 2.86. The summed E-state index contributed by atoms with van der Waals surface area (Å²) in [5.74, 6) is 1.71. The maximum atomic E-state index is 4.83. The number of hydrogen-bond acceptors (Lipinski definition) is 4. The molecule has 1 aromatic carbocycles. The molecule has 0 aliphatic heterocycles. The first-order valence-electron chi connectivity index (χ1n) is 9.27. The predicted molar refractivity (Wildman–Crippen MR) is 105 cm³/mol. The van der Waals surface area contributed by atoms with Crippen LogP contribution in [0.25, 0.3) is 11.4 Å². The minimum Gasteiger partial charge on any atom is -0.375 e. The van der Waals surface area contributed by atoms with Crippen molar-refractivity contribution < 1.29 is 0 Å². The summed E-state index contributed by atoms with van der Waals surface area (Å²) in [6, 6.07) is 8.74. The Balaban J connectivity index is 1.92. The van der Waals surface area contributed by atoms with Crippen molar-refractivity contribution in [1.82, 2.24) is 24.5 Å². The van der Waals surface area contributed by atoms with E-state index in [1.807, 2.05) is 28.7 Å². The second-order valence-electron chi connectivity index (χ2n) is 6.83. The average molecular weight is 352 g/mol. The molecule has 0 aliphatic rings. The molecule has 1 unspecified atom stereocenters. The Kier molecular flexibility index (Phi) is 5.40. The normalized spacial score (nSPS) is 12.3. The SMILES string of the molecule is CCC(C)n1nc(-c2ccc(N(C)CC)cc2)nc1Cn1cc(C)cn1. The van der Waals surface area contributed by atoms with Crippen LogP contribution in [0.2, 0.25) is 0 Å². The van der Waals surface area contributed by atoms with Gasteiger partial charge < -0.3 is 4.90 Å². The van der Waals surface area contributed by atoms with Crippen molar-refractivity contribution in [3.05, 3.63) is 48.0 Å². The lowest BCUT2D eigenvalue weighted by Crippen LogP contribution is -2.15. The molecule has 26 heavy (non-hydrogen) atoms. The molecule has 2 heterocycles. The van der Waals surface area contributed by atoms with Gasteiger partial charge in [0.2, 0.25) is 0 Å². The second kappa shape index (κ2) is 7.72. The van der Waals surface area contributed by atoms with Crippen LogP contribution in [0.1, 0.15) is 44.6 Å². The van der Waals surface area contributed by atoms with Crippen molar-refractivity contribution in [1.29, 1.82) is 0 Å². The maximum Gasteiger partial charge on any atom is 0.181 e. The van der Waals surface area contributed by atoms with Crippen LogP contribution in [-0.4, -0.2) is 38.1 Å². The summed E-state index contributed by atoms with van der Waals surface area (Å²) in [6.07, 6.45) is 4.91. The molecule has 0 N–H and O–H groups in total. The van der Waals surface area contributed by atoms with Crippen LogP contribution in [0.15, 0.2) is 36.7 Å². The van der Waals surface area contributed by atoms with E-state index in [2.05, 4.69) is 62.1 Å². The Labute approximate surface area is 155 Å². The topological polar surface area (TPSA) is 51.8 Å². The monoisotopic (exact) mass is 352 g/mol. The van der Waals surface area contributed by atoms with Crippen molar-refractivity contribution in [2.75, 3.05) is 18.5 Å². The fraction of sp³-hybridized carbons (Fsp3) is 0.450. The minimum absolute atomic E-state index is 0.299. The van der Waals surface area contributed by atoms with Crippen molar-refractivity contribution in [3.63, 3.8) is 0 Å². The third-order valence-electron chi connectivity index (χ3n) is 4.82. The average Bonchev–Trinajstić information content (AvgIpc) is 3.27. The highest BCUT2D eigenvalue weighted by Crippen LogP contribution is 2.23. The first-order valence-corrected chi connectivity index (χ1v) is 9.27. The van der Waals surface area contributed by atoms with E-state index in [1.54, 1.807) is 0 Å². The second-order valence-corrected chi connectivity index (χ2v) is 6.83. The van der Waals surface area contributed by atoms with E-state index in [0.29, 0.717) is 12.6 Å². The first kappa shape index (κ1) is 18.2. The number of hydrogen-bond donors (Lipinski definition) is 0. The molecule has 0 radical (unpaired) electrons. The molecule has 6 nitrogen and oxygen atoms in total. The van der Waals surface area contributed by atoms with Gasteiger partial charge in [-0.3, -0.25) is 4.68 Å². The van der Waals surface area contributed by atoms with Crippen LogP contribution in [-0.2, 0) is 6.54 Å². The first-order chi connectivity index (χ1) is 12.5. The molecule has 0 spiro atoms. The highest BCUT2D eigenvalue weighted by atomic mass is 15.4. The number of benzene rings is 1. The Bertz CT molecular complexity index is 846. The van der Waals surface area contributed by atoms with E-state index >= 15 is 0 Å². The summed E-state index contributed by atoms with van der Waals surface area (Å²) >= 11 is 0. The van der Waals surface area contributed by atoms with Crippen LogP contribution in [0.4, 0.5) is 5.69 Å². The zero-order valence-electron chi connectivity index (χ0n) is 16.3. The molecule has 0 saturated heterocycles. The van der Waals surface area contributed by atoms with Gasteiger partial charge in [-0.25, -0.2) is 9.67 Å². The zero-order valence-corrected chi connectivity index (χ0v) is 16.3. The Morgan fingerprint density at radius 3 is 2.46 bits per heavy atom. The summed E-state index contributed by atoms with van der Waals surface area (Å²) < 4.78 is 3.96. The van der Waals surface area contributed by atoms with E-state index in [1.165, 1.54) is 5.69 Å². The van der Waals surface area contributed by atoms with Gasteiger partial charge in [0.15, 0.2) is 5.82 Å². The van der Waals surface area contributed by atoms with Gasteiger partial charge in [-0.1, -0.05) is 6.92 Å². The van der Waals surface area contributed by atoms with Crippen LogP contribution >= 0.6 is 0 Å². The highest BCUT2D eigenvalue weighted by Gasteiger charge is 2.16. The van der Waals surface area contributed by atoms with Gasteiger partial charge in [-0.2, -0.15) is 10.2 Å². The number of rotatable bonds is 7. The van der Waals surface area contributed by atoms with Crippen molar-refractivity contribution >= 4 is 5.69 Å². The largest absolute Gasteiger partial charge is 0.375 e. The number of aromatic nitrogens is 5. The third kappa shape index (κ3) is 3.79. The molecule has 0 aliphatic carbocycles. The molecule has 2 aromatic heterocycles. The molecule has 1 atom stereocenters. The smallest absolute Gasteiger partial charge is 0.181 e. The molecular formula is C20H28N6. The van der Waals surface area contributed by atoms with E-state index < -0.39 is 0 Å². The standard InChI is InChI=1S/C20H28N6/c1-6-16(4)26-19(14-25-13-15(3)12-21-25)22-20(23-26)17-8-10-18(11-9-17)24(5)7-2/h8-13,16H,6-7,14H2,1-5H3. The van der Waals surface area contributed by atoms with Gasteiger partial charge in [0.1, 0.15) is 12.4 Å². The van der Waals surface area contributed by atoms with Crippen molar-refractivity contribution in [2.24, 2.45) is 0 Å². The van der Waals surface area contributed by atoms with Crippen LogP contribution < -0.4 is 4.90 Å². The lowest BCUT2D eigenvalue weighted by atomic mass is 10.2. The summed E-state index contributed by atoms with van der Waals surface area (Å²) in [5, 5.41) is 9.19.